The molecule has 7 nitrogen and oxygen atoms in total. The van der Waals surface area contributed by atoms with Crippen LogP contribution in [0.2, 0.25) is 0 Å². The van der Waals surface area contributed by atoms with Crippen molar-refractivity contribution < 1.29 is 9.59 Å². The number of nitrogens with one attached hydrogen (secondary N) is 2. The van der Waals surface area contributed by atoms with Crippen LogP contribution in [0, 0.1) is 6.92 Å². The van der Waals surface area contributed by atoms with Gasteiger partial charge in [0.05, 0.1) is 12.3 Å². The van der Waals surface area contributed by atoms with Crippen molar-refractivity contribution in [3.63, 3.8) is 0 Å². The third-order valence-electron chi connectivity index (χ3n) is 5.10. The Hall–Kier alpha value is -3.39. The molecule has 2 aromatic carbocycles. The molecule has 8 heteroatoms. The largest absolute Gasteiger partial charge is 0.345 e. The first kappa shape index (κ1) is 24.3. The first-order valence-corrected chi connectivity index (χ1v) is 11.8. The molecule has 0 fully saturated rings. The second-order valence-electron chi connectivity index (χ2n) is 7.91. The van der Waals surface area contributed by atoms with Crippen LogP contribution in [-0.2, 0) is 17.9 Å². The molecule has 2 N–H and O–H groups in total. The van der Waals surface area contributed by atoms with Gasteiger partial charge in [-0.15, -0.1) is 16.8 Å². The van der Waals surface area contributed by atoms with Crippen molar-refractivity contribution in [2.75, 3.05) is 11.1 Å². The molecule has 0 bridgehead atoms. The Balaban J connectivity index is 1.59. The van der Waals surface area contributed by atoms with Crippen molar-refractivity contribution in [3.8, 4) is 0 Å². The Labute approximate surface area is 198 Å². The molecule has 0 unspecified atom stereocenters. The number of rotatable bonds is 10. The van der Waals surface area contributed by atoms with E-state index in [1.54, 1.807) is 12.1 Å². The molecule has 172 valence electrons. The Morgan fingerprint density at radius 3 is 2.52 bits per heavy atom. The smallest absolute Gasteiger partial charge is 0.251 e. The van der Waals surface area contributed by atoms with E-state index in [9.17, 15) is 9.59 Å². The number of carbonyl (C=O) groups excluding carboxylic acids is 2. The van der Waals surface area contributed by atoms with Gasteiger partial charge < -0.3 is 15.2 Å². The number of benzene rings is 2. The maximum atomic E-state index is 12.5. The highest BCUT2D eigenvalue weighted by atomic mass is 32.2. The summed E-state index contributed by atoms with van der Waals surface area (Å²) in [7, 11) is 0. The first-order chi connectivity index (χ1) is 15.9. The summed E-state index contributed by atoms with van der Waals surface area (Å²) in [6.07, 6.45) is 1.73. The zero-order valence-electron chi connectivity index (χ0n) is 19.2. The van der Waals surface area contributed by atoms with Gasteiger partial charge in [-0.2, -0.15) is 0 Å². The predicted octanol–water partition coefficient (Wildman–Crippen LogP) is 4.56. The monoisotopic (exact) mass is 463 g/mol. The van der Waals surface area contributed by atoms with Gasteiger partial charge in [0.1, 0.15) is 0 Å². The molecule has 0 atom stereocenters. The van der Waals surface area contributed by atoms with E-state index in [1.165, 1.54) is 17.3 Å². The number of anilines is 1. The third-order valence-corrected chi connectivity index (χ3v) is 6.06. The molecule has 0 radical (unpaired) electrons. The van der Waals surface area contributed by atoms with Gasteiger partial charge in [-0.3, -0.25) is 9.59 Å². The number of hydrogen-bond acceptors (Lipinski definition) is 5. The van der Waals surface area contributed by atoms with Crippen molar-refractivity contribution in [2.24, 2.45) is 0 Å². The normalized spacial score (nSPS) is 10.8. The zero-order chi connectivity index (χ0) is 23.8. The molecule has 33 heavy (non-hydrogen) atoms. The highest BCUT2D eigenvalue weighted by Crippen LogP contribution is 2.20. The Morgan fingerprint density at radius 2 is 1.85 bits per heavy atom. The van der Waals surface area contributed by atoms with Crippen molar-refractivity contribution in [2.45, 2.75) is 44.9 Å². The van der Waals surface area contributed by atoms with Crippen molar-refractivity contribution in [3.05, 3.63) is 83.7 Å². The molecule has 3 aromatic rings. The van der Waals surface area contributed by atoms with Gasteiger partial charge in [-0.1, -0.05) is 62.0 Å². The van der Waals surface area contributed by atoms with Crippen molar-refractivity contribution in [1.29, 1.82) is 0 Å². The molecular weight excluding hydrogens is 434 g/mol. The van der Waals surface area contributed by atoms with E-state index in [-0.39, 0.29) is 24.1 Å². The molecule has 1 aromatic heterocycles. The van der Waals surface area contributed by atoms with Gasteiger partial charge >= 0.3 is 0 Å². The second kappa shape index (κ2) is 11.5. The summed E-state index contributed by atoms with van der Waals surface area (Å²) in [5.41, 5.74) is 3.52. The van der Waals surface area contributed by atoms with E-state index in [0.29, 0.717) is 29.0 Å². The van der Waals surface area contributed by atoms with Crippen LogP contribution in [0.3, 0.4) is 0 Å². The maximum absolute atomic E-state index is 12.5. The lowest BCUT2D eigenvalue weighted by Crippen LogP contribution is -2.25. The van der Waals surface area contributed by atoms with Crippen LogP contribution in [0.1, 0.15) is 47.1 Å². The van der Waals surface area contributed by atoms with Crippen molar-refractivity contribution in [1.82, 2.24) is 20.1 Å². The van der Waals surface area contributed by atoms with Crippen LogP contribution in [0.5, 0.6) is 0 Å². The lowest BCUT2D eigenvalue weighted by atomic mass is 10.0. The molecule has 0 spiro atoms. The van der Waals surface area contributed by atoms with E-state index < -0.39 is 0 Å². The lowest BCUT2D eigenvalue weighted by molar-refractivity contribution is -0.113. The molecule has 0 saturated heterocycles. The van der Waals surface area contributed by atoms with Crippen LogP contribution < -0.4 is 10.6 Å². The molecule has 2 amide bonds. The third kappa shape index (κ3) is 6.55. The predicted molar refractivity (Wildman–Crippen MR) is 132 cm³/mol. The van der Waals surface area contributed by atoms with Gasteiger partial charge in [-0.25, -0.2) is 0 Å². The second-order valence-corrected chi connectivity index (χ2v) is 8.85. The molecule has 0 aliphatic rings. The number of nitrogens with zero attached hydrogens (tertiary/aromatic N) is 3. The summed E-state index contributed by atoms with van der Waals surface area (Å²) in [6.45, 7) is 10.6. The minimum absolute atomic E-state index is 0.125. The lowest BCUT2D eigenvalue weighted by Gasteiger charge is -2.10. The van der Waals surface area contributed by atoms with E-state index in [4.69, 9.17) is 0 Å². The van der Waals surface area contributed by atoms with Crippen molar-refractivity contribution >= 4 is 29.3 Å². The molecule has 1 heterocycles. The molecule has 0 aliphatic carbocycles. The summed E-state index contributed by atoms with van der Waals surface area (Å²) < 4.78 is 1.85. The topological polar surface area (TPSA) is 88.9 Å². The summed E-state index contributed by atoms with van der Waals surface area (Å²) in [6, 6.07) is 15.3. The fourth-order valence-electron chi connectivity index (χ4n) is 3.23. The highest BCUT2D eigenvalue weighted by molar-refractivity contribution is 7.99. The number of hydrogen-bond donors (Lipinski definition) is 2. The number of carbonyl (C=O) groups is 2. The Kier molecular flexibility index (Phi) is 8.43. The van der Waals surface area contributed by atoms with Crippen LogP contribution >= 0.6 is 11.8 Å². The number of thioether (sulfide) groups is 1. The van der Waals surface area contributed by atoms with Gasteiger partial charge in [0.25, 0.3) is 5.91 Å². The highest BCUT2D eigenvalue weighted by Gasteiger charge is 2.15. The van der Waals surface area contributed by atoms with E-state index in [1.807, 2.05) is 54.0 Å². The summed E-state index contributed by atoms with van der Waals surface area (Å²) >= 11 is 1.29. The zero-order valence-corrected chi connectivity index (χ0v) is 20.0. The van der Waals surface area contributed by atoms with Gasteiger partial charge in [0, 0.05) is 17.8 Å². The van der Waals surface area contributed by atoms with Gasteiger partial charge in [-0.05, 0) is 42.2 Å². The number of aryl methyl sites for hydroxylation is 1. The first-order valence-electron chi connectivity index (χ1n) is 10.8. The van der Waals surface area contributed by atoms with Gasteiger partial charge in [0.15, 0.2) is 11.0 Å². The molecular formula is C25H29N5O2S. The Bertz CT molecular complexity index is 1120. The van der Waals surface area contributed by atoms with E-state index in [2.05, 4.69) is 41.3 Å². The van der Waals surface area contributed by atoms with Crippen LogP contribution in [0.15, 0.2) is 66.3 Å². The van der Waals surface area contributed by atoms with Gasteiger partial charge in [0.2, 0.25) is 5.91 Å². The summed E-state index contributed by atoms with van der Waals surface area (Å²) in [5, 5.41) is 14.8. The maximum Gasteiger partial charge on any atom is 0.251 e. The average molecular weight is 464 g/mol. The molecule has 0 aliphatic heterocycles. The molecule has 0 saturated carbocycles. The minimum atomic E-state index is -0.168. The minimum Gasteiger partial charge on any atom is -0.345 e. The SMILES string of the molecule is C=CCn1c(CNC(=O)c2ccccc2C)nnc1SCC(=O)Nc1ccc(C(C)C)cc1. The van der Waals surface area contributed by atoms with Crippen LogP contribution in [-0.4, -0.2) is 32.3 Å². The van der Waals surface area contributed by atoms with Crippen LogP contribution in [0.25, 0.3) is 0 Å². The van der Waals surface area contributed by atoms with Crippen LogP contribution in [0.4, 0.5) is 5.69 Å². The average Bonchev–Trinajstić information content (AvgIpc) is 3.18. The summed E-state index contributed by atoms with van der Waals surface area (Å²) in [4.78, 5) is 24.9. The van der Waals surface area contributed by atoms with E-state index >= 15 is 0 Å². The summed E-state index contributed by atoms with van der Waals surface area (Å²) in [5.74, 6) is 0.941. The quantitative estimate of drug-likeness (QED) is 0.340. The number of aromatic nitrogens is 3. The standard InChI is InChI=1S/C25H29N5O2S/c1-5-14-30-22(15-26-24(32)21-9-7-6-8-18(21)4)28-29-25(30)33-16-23(31)27-20-12-10-19(11-13-20)17(2)3/h5-13,17H,1,14-16H2,2-4H3,(H,26,32)(H,27,31). The number of amides is 2. The Morgan fingerprint density at radius 1 is 1.12 bits per heavy atom. The van der Waals surface area contributed by atoms with E-state index in [0.717, 1.165) is 11.3 Å². The number of allylic oxidation sites excluding steroid dienone is 1. The fraction of sp³-hybridized carbons (Fsp3) is 0.280. The fourth-order valence-corrected chi connectivity index (χ4v) is 4.00. The molecule has 3 rings (SSSR count).